The van der Waals surface area contributed by atoms with Crippen LogP contribution in [0.25, 0.3) is 0 Å². The molecule has 1 N–H and O–H groups in total. The van der Waals surface area contributed by atoms with Crippen molar-refractivity contribution in [1.82, 2.24) is 0 Å². The molecule has 12 heavy (non-hydrogen) atoms. The predicted octanol–water partition coefficient (Wildman–Crippen LogP) is -0.0600. The van der Waals surface area contributed by atoms with Gasteiger partial charge in [-0.2, -0.15) is 8.42 Å². The molecular formula is C5H10O6S. The summed E-state index contributed by atoms with van der Waals surface area (Å²) in [6.07, 6.45) is 1.53. The molecule has 0 saturated heterocycles. The minimum Gasteiger partial charge on any atom is -0.375 e. The summed E-state index contributed by atoms with van der Waals surface area (Å²) in [5, 5.41) is 0. The lowest BCUT2D eigenvalue weighted by atomic mass is 10.7. The van der Waals surface area contributed by atoms with E-state index in [0.29, 0.717) is 6.61 Å². The number of ether oxygens (including phenoxy) is 1. The minimum absolute atomic E-state index is 0.0897. The Labute approximate surface area is 70.6 Å². The van der Waals surface area contributed by atoms with Gasteiger partial charge in [-0.05, 0) is 0 Å². The quantitative estimate of drug-likeness (QED) is 0.203. The lowest BCUT2D eigenvalue weighted by Crippen LogP contribution is -2.09. The summed E-state index contributed by atoms with van der Waals surface area (Å²) in [7, 11) is -4.51. The largest absolute Gasteiger partial charge is 0.424 e. The lowest BCUT2D eigenvalue weighted by Gasteiger charge is -2.00. The van der Waals surface area contributed by atoms with Crippen LogP contribution in [0.2, 0.25) is 0 Å². The van der Waals surface area contributed by atoms with E-state index in [9.17, 15) is 8.42 Å². The Morgan fingerprint density at radius 2 is 2.08 bits per heavy atom. The average Bonchev–Trinajstić information content (AvgIpc) is 1.94. The molecule has 0 rings (SSSR count). The monoisotopic (exact) mass is 198 g/mol. The molecule has 0 aliphatic carbocycles. The Kier molecular flexibility index (Phi) is 5.85. The van der Waals surface area contributed by atoms with Gasteiger partial charge in [0.2, 0.25) is 0 Å². The van der Waals surface area contributed by atoms with Crippen LogP contribution >= 0.6 is 0 Å². The second kappa shape index (κ2) is 6.09. The van der Waals surface area contributed by atoms with Gasteiger partial charge >= 0.3 is 10.4 Å². The van der Waals surface area contributed by atoms with E-state index in [2.05, 4.69) is 15.8 Å². The maximum atomic E-state index is 9.87. The highest BCUT2D eigenvalue weighted by molar-refractivity contribution is 7.80. The van der Waals surface area contributed by atoms with Crippen LogP contribution in [0.5, 0.6) is 0 Å². The third-order valence-electron chi connectivity index (χ3n) is 0.681. The van der Waals surface area contributed by atoms with Crippen molar-refractivity contribution in [3.63, 3.8) is 0 Å². The molecule has 0 radical (unpaired) electrons. The van der Waals surface area contributed by atoms with Crippen LogP contribution in [-0.2, 0) is 24.4 Å². The highest BCUT2D eigenvalue weighted by Gasteiger charge is 2.03. The van der Waals surface area contributed by atoms with Crippen molar-refractivity contribution in [2.45, 2.75) is 0 Å². The van der Waals surface area contributed by atoms with Gasteiger partial charge in [-0.3, -0.25) is 4.55 Å². The van der Waals surface area contributed by atoms with E-state index in [1.54, 1.807) is 0 Å². The van der Waals surface area contributed by atoms with Gasteiger partial charge in [0, 0.05) is 0 Å². The molecule has 0 unspecified atom stereocenters. The summed E-state index contributed by atoms with van der Waals surface area (Å²) >= 11 is 0. The van der Waals surface area contributed by atoms with Crippen molar-refractivity contribution >= 4 is 10.4 Å². The van der Waals surface area contributed by atoms with E-state index < -0.39 is 10.4 Å². The Bertz CT molecular complexity index is 208. The first-order chi connectivity index (χ1) is 5.56. The SMILES string of the molecule is C=CCOCCOOS(=O)(=O)O. The van der Waals surface area contributed by atoms with E-state index in [1.807, 2.05) is 0 Å². The van der Waals surface area contributed by atoms with E-state index in [4.69, 9.17) is 9.29 Å². The molecule has 0 heterocycles. The zero-order chi connectivity index (χ0) is 9.45. The molecule has 7 heteroatoms. The van der Waals surface area contributed by atoms with Crippen LogP contribution in [0.4, 0.5) is 0 Å². The summed E-state index contributed by atoms with van der Waals surface area (Å²) in [5.74, 6) is 0. The zero-order valence-electron chi connectivity index (χ0n) is 6.30. The maximum Gasteiger partial charge on any atom is 0.424 e. The van der Waals surface area contributed by atoms with Crippen LogP contribution in [0.3, 0.4) is 0 Å². The molecule has 0 fully saturated rings. The lowest BCUT2D eigenvalue weighted by molar-refractivity contribution is -0.215. The van der Waals surface area contributed by atoms with Crippen LogP contribution < -0.4 is 0 Å². The molecule has 0 aromatic rings. The first-order valence-electron chi connectivity index (χ1n) is 3.03. The smallest absolute Gasteiger partial charge is 0.375 e. The van der Waals surface area contributed by atoms with Crippen LogP contribution in [-0.4, -0.2) is 32.8 Å². The van der Waals surface area contributed by atoms with Gasteiger partial charge in [0.15, 0.2) is 0 Å². The average molecular weight is 198 g/mol. The molecule has 0 aliphatic rings. The summed E-state index contributed by atoms with van der Waals surface area (Å²) < 4.78 is 36.1. The van der Waals surface area contributed by atoms with Gasteiger partial charge < -0.3 is 4.74 Å². The van der Waals surface area contributed by atoms with Gasteiger partial charge in [-0.15, -0.1) is 6.58 Å². The van der Waals surface area contributed by atoms with E-state index in [-0.39, 0.29) is 13.2 Å². The first-order valence-corrected chi connectivity index (χ1v) is 4.40. The molecule has 0 bridgehead atoms. The van der Waals surface area contributed by atoms with Gasteiger partial charge in [0.25, 0.3) is 0 Å². The summed E-state index contributed by atoms with van der Waals surface area (Å²) in [6, 6.07) is 0. The Morgan fingerprint density at radius 3 is 2.58 bits per heavy atom. The molecule has 0 aliphatic heterocycles. The van der Waals surface area contributed by atoms with Gasteiger partial charge in [0.1, 0.15) is 6.61 Å². The van der Waals surface area contributed by atoms with Gasteiger partial charge in [-0.25, -0.2) is 4.89 Å². The van der Waals surface area contributed by atoms with Crippen LogP contribution in [0.15, 0.2) is 12.7 Å². The Morgan fingerprint density at radius 1 is 1.42 bits per heavy atom. The van der Waals surface area contributed by atoms with Crippen molar-refractivity contribution in [3.05, 3.63) is 12.7 Å². The predicted molar refractivity (Wildman–Crippen MR) is 39.6 cm³/mol. The van der Waals surface area contributed by atoms with E-state index >= 15 is 0 Å². The normalized spacial score (nSPS) is 11.4. The van der Waals surface area contributed by atoms with E-state index in [0.717, 1.165) is 0 Å². The Balaban J connectivity index is 3.17. The highest BCUT2D eigenvalue weighted by Crippen LogP contribution is 1.87. The first kappa shape index (κ1) is 11.5. The second-order valence-corrected chi connectivity index (χ2v) is 2.67. The molecule has 0 saturated carbocycles. The molecule has 72 valence electrons. The number of rotatable bonds is 7. The highest BCUT2D eigenvalue weighted by atomic mass is 32.3. The fourth-order valence-electron chi connectivity index (χ4n) is 0.354. The molecule has 0 spiro atoms. The maximum absolute atomic E-state index is 9.87. The zero-order valence-corrected chi connectivity index (χ0v) is 7.12. The number of hydrogen-bond acceptors (Lipinski definition) is 5. The minimum atomic E-state index is -4.51. The van der Waals surface area contributed by atoms with Crippen molar-refractivity contribution < 1.29 is 26.9 Å². The fraction of sp³-hybridized carbons (Fsp3) is 0.600. The summed E-state index contributed by atoms with van der Waals surface area (Å²) in [4.78, 5) is 4.05. The van der Waals surface area contributed by atoms with Crippen molar-refractivity contribution in [2.24, 2.45) is 0 Å². The third-order valence-corrected chi connectivity index (χ3v) is 0.949. The molecule has 6 nitrogen and oxygen atoms in total. The van der Waals surface area contributed by atoms with Gasteiger partial charge in [-0.1, -0.05) is 10.4 Å². The molecule has 0 aromatic heterocycles. The molecular weight excluding hydrogens is 188 g/mol. The van der Waals surface area contributed by atoms with E-state index in [1.165, 1.54) is 6.08 Å². The second-order valence-electron chi connectivity index (χ2n) is 1.68. The van der Waals surface area contributed by atoms with Crippen molar-refractivity contribution in [2.75, 3.05) is 19.8 Å². The summed E-state index contributed by atoms with van der Waals surface area (Å²) in [6.45, 7) is 3.79. The van der Waals surface area contributed by atoms with Crippen LogP contribution in [0.1, 0.15) is 0 Å². The fourth-order valence-corrected chi connectivity index (χ4v) is 0.544. The molecule has 0 atom stereocenters. The summed E-state index contributed by atoms with van der Waals surface area (Å²) in [5.41, 5.74) is 0. The third kappa shape index (κ3) is 9.53. The molecule has 0 amide bonds. The van der Waals surface area contributed by atoms with Crippen molar-refractivity contribution in [3.8, 4) is 0 Å². The topological polar surface area (TPSA) is 82.1 Å². The Hall–Kier alpha value is -0.470. The number of hydrogen-bond donors (Lipinski definition) is 1. The standard InChI is InChI=1S/C5H10O6S/c1-2-3-9-4-5-10-11-12(6,7)8/h2H,1,3-5H2,(H,6,7,8). The van der Waals surface area contributed by atoms with Crippen LogP contribution in [0, 0.1) is 0 Å². The van der Waals surface area contributed by atoms with Gasteiger partial charge in [0.05, 0.1) is 13.2 Å². The molecule has 0 aromatic carbocycles. The van der Waals surface area contributed by atoms with Crippen molar-refractivity contribution in [1.29, 1.82) is 0 Å².